The van der Waals surface area contributed by atoms with Crippen molar-refractivity contribution in [3.05, 3.63) is 0 Å². The van der Waals surface area contributed by atoms with E-state index in [0.717, 1.165) is 6.42 Å². The van der Waals surface area contributed by atoms with Gasteiger partial charge in [-0.15, -0.1) is 0 Å². The van der Waals surface area contributed by atoms with E-state index in [4.69, 9.17) is 28.4 Å². The van der Waals surface area contributed by atoms with Crippen LogP contribution in [0.1, 0.15) is 13.3 Å². The molecule has 0 spiro atoms. The van der Waals surface area contributed by atoms with Crippen molar-refractivity contribution in [1.82, 2.24) is 0 Å². The molecular formula is C14H30O6. The highest BCUT2D eigenvalue weighted by molar-refractivity contribution is 4.53. The van der Waals surface area contributed by atoms with Crippen LogP contribution in [0.25, 0.3) is 0 Å². The van der Waals surface area contributed by atoms with E-state index in [1.54, 1.807) is 14.2 Å². The van der Waals surface area contributed by atoms with Crippen molar-refractivity contribution >= 4 is 0 Å². The van der Waals surface area contributed by atoms with Gasteiger partial charge in [-0.25, -0.2) is 0 Å². The number of hydrogen-bond acceptors (Lipinski definition) is 6. The molecule has 0 aromatic heterocycles. The average molecular weight is 294 g/mol. The van der Waals surface area contributed by atoms with Gasteiger partial charge in [-0.1, -0.05) is 6.92 Å². The minimum absolute atomic E-state index is 0.127. The SMILES string of the molecule is CCC(COCCOCCOCCOC)OCCOC. The first kappa shape index (κ1) is 19.8. The van der Waals surface area contributed by atoms with Gasteiger partial charge in [0.25, 0.3) is 0 Å². The molecule has 122 valence electrons. The van der Waals surface area contributed by atoms with Crippen LogP contribution in [-0.2, 0) is 28.4 Å². The standard InChI is InChI=1S/C14H30O6/c1-4-14(20-12-6-16-3)13-19-11-10-18-9-8-17-7-5-15-2/h14H,4-13H2,1-3H3. The molecule has 0 fully saturated rings. The molecule has 0 aliphatic heterocycles. The van der Waals surface area contributed by atoms with Gasteiger partial charge in [0.1, 0.15) is 0 Å². The minimum atomic E-state index is 0.127. The first-order valence-electron chi connectivity index (χ1n) is 7.17. The van der Waals surface area contributed by atoms with Gasteiger partial charge in [-0.2, -0.15) is 0 Å². The van der Waals surface area contributed by atoms with Crippen molar-refractivity contribution in [2.24, 2.45) is 0 Å². The summed E-state index contributed by atoms with van der Waals surface area (Å²) in [6, 6.07) is 0. The third-order valence-corrected chi connectivity index (χ3v) is 2.58. The van der Waals surface area contributed by atoms with Crippen LogP contribution in [0.3, 0.4) is 0 Å². The highest BCUT2D eigenvalue weighted by atomic mass is 16.6. The Morgan fingerprint density at radius 2 is 1.15 bits per heavy atom. The second-order valence-electron chi connectivity index (χ2n) is 4.19. The van der Waals surface area contributed by atoms with Gasteiger partial charge in [-0.05, 0) is 6.42 Å². The van der Waals surface area contributed by atoms with Crippen LogP contribution in [-0.4, -0.2) is 79.8 Å². The highest BCUT2D eigenvalue weighted by Crippen LogP contribution is 1.99. The van der Waals surface area contributed by atoms with Gasteiger partial charge in [0.2, 0.25) is 0 Å². The summed E-state index contributed by atoms with van der Waals surface area (Å²) in [5, 5.41) is 0. The maximum Gasteiger partial charge on any atom is 0.0807 e. The Balaban J connectivity index is 3.20. The summed E-state index contributed by atoms with van der Waals surface area (Å²) < 4.78 is 31.5. The monoisotopic (exact) mass is 294 g/mol. The molecule has 0 aromatic carbocycles. The Bertz CT molecular complexity index is 179. The third-order valence-electron chi connectivity index (χ3n) is 2.58. The van der Waals surface area contributed by atoms with Crippen molar-refractivity contribution < 1.29 is 28.4 Å². The van der Waals surface area contributed by atoms with Crippen LogP contribution >= 0.6 is 0 Å². The molecule has 0 radical (unpaired) electrons. The Morgan fingerprint density at radius 3 is 1.70 bits per heavy atom. The van der Waals surface area contributed by atoms with E-state index in [0.29, 0.717) is 59.5 Å². The zero-order valence-corrected chi connectivity index (χ0v) is 13.1. The topological polar surface area (TPSA) is 55.4 Å². The number of ether oxygens (including phenoxy) is 6. The molecule has 1 unspecified atom stereocenters. The Labute approximate surface area is 122 Å². The summed E-state index contributed by atoms with van der Waals surface area (Å²) in [7, 11) is 3.32. The predicted octanol–water partition coefficient (Wildman–Crippen LogP) is 1.12. The molecule has 0 bridgehead atoms. The Kier molecular flexibility index (Phi) is 16.6. The van der Waals surface area contributed by atoms with E-state index in [2.05, 4.69) is 6.92 Å². The van der Waals surface area contributed by atoms with Crippen LogP contribution in [0.4, 0.5) is 0 Å². The Morgan fingerprint density at radius 1 is 0.650 bits per heavy atom. The molecular weight excluding hydrogens is 264 g/mol. The van der Waals surface area contributed by atoms with Gasteiger partial charge in [0.05, 0.1) is 65.6 Å². The average Bonchev–Trinajstić information content (AvgIpc) is 2.47. The lowest BCUT2D eigenvalue weighted by Gasteiger charge is -2.16. The van der Waals surface area contributed by atoms with E-state index in [1.165, 1.54) is 0 Å². The van der Waals surface area contributed by atoms with Gasteiger partial charge < -0.3 is 28.4 Å². The molecule has 0 aromatic rings. The number of methoxy groups -OCH3 is 2. The molecule has 0 rings (SSSR count). The second kappa shape index (κ2) is 16.8. The molecule has 1 atom stereocenters. The van der Waals surface area contributed by atoms with Crippen molar-refractivity contribution in [1.29, 1.82) is 0 Å². The van der Waals surface area contributed by atoms with Gasteiger partial charge >= 0.3 is 0 Å². The maximum absolute atomic E-state index is 5.59. The first-order valence-corrected chi connectivity index (χ1v) is 7.17. The largest absolute Gasteiger partial charge is 0.382 e. The first-order chi connectivity index (χ1) is 9.85. The fraction of sp³-hybridized carbons (Fsp3) is 1.00. The van der Waals surface area contributed by atoms with Gasteiger partial charge in [-0.3, -0.25) is 0 Å². The van der Waals surface area contributed by atoms with Gasteiger partial charge in [0, 0.05) is 14.2 Å². The Hall–Kier alpha value is -0.240. The normalized spacial score (nSPS) is 12.8. The lowest BCUT2D eigenvalue weighted by Crippen LogP contribution is -2.22. The minimum Gasteiger partial charge on any atom is -0.382 e. The molecule has 0 aliphatic carbocycles. The smallest absolute Gasteiger partial charge is 0.0807 e. The predicted molar refractivity (Wildman–Crippen MR) is 76.2 cm³/mol. The van der Waals surface area contributed by atoms with E-state index >= 15 is 0 Å². The summed E-state index contributed by atoms with van der Waals surface area (Å²) in [5.41, 5.74) is 0. The van der Waals surface area contributed by atoms with E-state index in [9.17, 15) is 0 Å². The fourth-order valence-corrected chi connectivity index (χ4v) is 1.38. The molecule has 0 saturated heterocycles. The van der Waals surface area contributed by atoms with Crippen LogP contribution in [0.5, 0.6) is 0 Å². The molecule has 20 heavy (non-hydrogen) atoms. The molecule has 6 heteroatoms. The zero-order chi connectivity index (χ0) is 14.9. The quantitative estimate of drug-likeness (QED) is 0.398. The lowest BCUT2D eigenvalue weighted by atomic mass is 10.3. The molecule has 0 saturated carbocycles. The summed E-state index contributed by atoms with van der Waals surface area (Å²) in [6.07, 6.45) is 1.06. The summed E-state index contributed by atoms with van der Waals surface area (Å²) in [4.78, 5) is 0. The number of rotatable bonds is 16. The summed E-state index contributed by atoms with van der Waals surface area (Å²) >= 11 is 0. The molecule has 6 nitrogen and oxygen atoms in total. The van der Waals surface area contributed by atoms with Crippen molar-refractivity contribution in [3.63, 3.8) is 0 Å². The van der Waals surface area contributed by atoms with Crippen LogP contribution in [0.15, 0.2) is 0 Å². The van der Waals surface area contributed by atoms with Crippen LogP contribution in [0.2, 0.25) is 0 Å². The van der Waals surface area contributed by atoms with Crippen molar-refractivity contribution in [3.8, 4) is 0 Å². The summed E-state index contributed by atoms with van der Waals surface area (Å²) in [6.45, 7) is 7.41. The third kappa shape index (κ3) is 14.2. The van der Waals surface area contributed by atoms with Gasteiger partial charge in [0.15, 0.2) is 0 Å². The van der Waals surface area contributed by atoms with Crippen molar-refractivity contribution in [2.45, 2.75) is 19.4 Å². The molecule has 0 amide bonds. The maximum atomic E-state index is 5.59. The lowest BCUT2D eigenvalue weighted by molar-refractivity contribution is -0.0480. The second-order valence-corrected chi connectivity index (χ2v) is 4.19. The molecule has 0 aliphatic rings. The number of hydrogen-bond donors (Lipinski definition) is 0. The van der Waals surface area contributed by atoms with E-state index < -0.39 is 0 Å². The zero-order valence-electron chi connectivity index (χ0n) is 13.1. The summed E-state index contributed by atoms with van der Waals surface area (Å²) in [5.74, 6) is 0. The molecule has 0 heterocycles. The van der Waals surface area contributed by atoms with Crippen molar-refractivity contribution in [2.75, 3.05) is 73.7 Å². The fourth-order valence-electron chi connectivity index (χ4n) is 1.38. The van der Waals surface area contributed by atoms with Crippen LogP contribution < -0.4 is 0 Å². The van der Waals surface area contributed by atoms with Crippen LogP contribution in [0, 0.1) is 0 Å². The molecule has 0 N–H and O–H groups in total. The highest BCUT2D eigenvalue weighted by Gasteiger charge is 2.06. The van der Waals surface area contributed by atoms with E-state index in [-0.39, 0.29) is 6.10 Å². The van der Waals surface area contributed by atoms with E-state index in [1.807, 2.05) is 0 Å².